The number of rotatable bonds is 5. The number of aryl methyl sites for hydroxylation is 3. The predicted octanol–water partition coefficient (Wildman–Crippen LogP) is 4.37. The van der Waals surface area contributed by atoms with E-state index < -0.39 is 0 Å². The fourth-order valence-corrected chi connectivity index (χ4v) is 2.58. The molecule has 0 saturated heterocycles. The first-order chi connectivity index (χ1) is 9.63. The van der Waals surface area contributed by atoms with Crippen molar-refractivity contribution in [2.75, 3.05) is 7.05 Å². The molecule has 0 radical (unpaired) electrons. The molecule has 0 aliphatic carbocycles. The molecule has 20 heavy (non-hydrogen) atoms. The fourth-order valence-electron chi connectivity index (χ4n) is 2.58. The molecule has 1 unspecified atom stereocenters. The van der Waals surface area contributed by atoms with Crippen LogP contribution in [0.15, 0.2) is 42.5 Å². The molecule has 0 aromatic heterocycles. The molecule has 0 aliphatic heterocycles. The van der Waals surface area contributed by atoms with E-state index in [-0.39, 0.29) is 0 Å². The Balaban J connectivity index is 2.21. The van der Waals surface area contributed by atoms with E-state index >= 15 is 0 Å². The van der Waals surface area contributed by atoms with Crippen LogP contribution in [0, 0.1) is 13.8 Å². The van der Waals surface area contributed by atoms with E-state index in [1.54, 1.807) is 0 Å². The first kappa shape index (κ1) is 14.8. The Hall–Kier alpha value is -1.60. The van der Waals surface area contributed by atoms with Crippen LogP contribution >= 0.6 is 0 Å². The summed E-state index contributed by atoms with van der Waals surface area (Å²) in [6.07, 6.45) is 2.12. The second-order valence-electron chi connectivity index (χ2n) is 5.56. The molecular formula is C19H25N. The average Bonchev–Trinajstić information content (AvgIpc) is 2.48. The molecule has 0 fully saturated rings. The highest BCUT2D eigenvalue weighted by atomic mass is 14.9. The van der Waals surface area contributed by atoms with Gasteiger partial charge in [-0.3, -0.25) is 0 Å². The largest absolute Gasteiger partial charge is 0.313 e. The van der Waals surface area contributed by atoms with Crippen LogP contribution in [-0.2, 0) is 12.8 Å². The summed E-state index contributed by atoms with van der Waals surface area (Å²) in [4.78, 5) is 0. The number of likely N-dealkylation sites (N-methyl/N-ethyl adjacent to an activating group) is 1. The second kappa shape index (κ2) is 6.71. The molecule has 0 bridgehead atoms. The molecular weight excluding hydrogens is 242 g/mol. The van der Waals surface area contributed by atoms with Crippen molar-refractivity contribution >= 4 is 0 Å². The van der Waals surface area contributed by atoms with Crippen LogP contribution in [0.4, 0.5) is 0 Å². The normalized spacial score (nSPS) is 12.4. The van der Waals surface area contributed by atoms with Crippen LogP contribution in [-0.4, -0.2) is 7.05 Å². The summed E-state index contributed by atoms with van der Waals surface area (Å²) in [6, 6.07) is 16.1. The highest BCUT2D eigenvalue weighted by Gasteiger charge is 2.11. The van der Waals surface area contributed by atoms with Crippen molar-refractivity contribution in [1.82, 2.24) is 5.32 Å². The van der Waals surface area contributed by atoms with Gasteiger partial charge in [0.2, 0.25) is 0 Å². The fraction of sp³-hybridized carbons (Fsp3) is 0.368. The van der Waals surface area contributed by atoms with E-state index in [0.29, 0.717) is 6.04 Å². The van der Waals surface area contributed by atoms with E-state index in [4.69, 9.17) is 0 Å². The highest BCUT2D eigenvalue weighted by Crippen LogP contribution is 2.21. The SMILES string of the molecule is CCc1cccc(C(Cc2ccc(C)c(C)c2)NC)c1. The van der Waals surface area contributed by atoms with Crippen LogP contribution in [0.1, 0.15) is 40.8 Å². The lowest BCUT2D eigenvalue weighted by Crippen LogP contribution is -2.19. The van der Waals surface area contributed by atoms with Crippen molar-refractivity contribution in [3.63, 3.8) is 0 Å². The lowest BCUT2D eigenvalue weighted by Gasteiger charge is -2.18. The third-order valence-corrected chi connectivity index (χ3v) is 4.12. The van der Waals surface area contributed by atoms with Gasteiger partial charge in [-0.2, -0.15) is 0 Å². The minimum Gasteiger partial charge on any atom is -0.313 e. The minimum atomic E-state index is 0.378. The van der Waals surface area contributed by atoms with Gasteiger partial charge in [-0.15, -0.1) is 0 Å². The molecule has 0 spiro atoms. The van der Waals surface area contributed by atoms with Gasteiger partial charge in [-0.25, -0.2) is 0 Å². The summed E-state index contributed by atoms with van der Waals surface area (Å²) in [5, 5.41) is 3.45. The average molecular weight is 267 g/mol. The first-order valence-electron chi connectivity index (χ1n) is 7.46. The molecule has 1 N–H and O–H groups in total. The van der Waals surface area contributed by atoms with Crippen molar-refractivity contribution in [3.8, 4) is 0 Å². The summed E-state index contributed by atoms with van der Waals surface area (Å²) < 4.78 is 0. The summed E-state index contributed by atoms with van der Waals surface area (Å²) in [6.45, 7) is 6.56. The molecule has 0 heterocycles. The van der Waals surface area contributed by atoms with E-state index in [0.717, 1.165) is 12.8 Å². The summed E-state index contributed by atoms with van der Waals surface area (Å²) in [7, 11) is 2.05. The van der Waals surface area contributed by atoms with Gasteiger partial charge < -0.3 is 5.32 Å². The Morgan fingerprint density at radius 1 is 0.950 bits per heavy atom. The summed E-state index contributed by atoms with van der Waals surface area (Å²) in [5.74, 6) is 0. The van der Waals surface area contributed by atoms with Gasteiger partial charge in [0.25, 0.3) is 0 Å². The smallest absolute Gasteiger partial charge is 0.0358 e. The van der Waals surface area contributed by atoms with Crippen molar-refractivity contribution in [2.24, 2.45) is 0 Å². The number of benzene rings is 2. The van der Waals surface area contributed by atoms with Gasteiger partial charge in [-0.1, -0.05) is 49.4 Å². The van der Waals surface area contributed by atoms with Crippen molar-refractivity contribution < 1.29 is 0 Å². The molecule has 0 amide bonds. The molecule has 0 aliphatic rings. The Morgan fingerprint density at radius 3 is 2.40 bits per heavy atom. The Kier molecular flexibility index (Phi) is 4.97. The molecule has 0 saturated carbocycles. The van der Waals surface area contributed by atoms with E-state index in [1.807, 2.05) is 7.05 Å². The van der Waals surface area contributed by atoms with E-state index in [2.05, 4.69) is 68.6 Å². The standard InChI is InChI=1S/C19H25N/c1-5-16-7-6-8-18(12-16)19(20-4)13-17-10-9-14(2)15(3)11-17/h6-12,19-20H,5,13H2,1-4H3. The van der Waals surface area contributed by atoms with Crippen LogP contribution in [0.5, 0.6) is 0 Å². The maximum atomic E-state index is 3.45. The number of hydrogen-bond donors (Lipinski definition) is 1. The number of nitrogens with one attached hydrogen (secondary N) is 1. The molecule has 106 valence electrons. The Bertz CT molecular complexity index is 572. The van der Waals surface area contributed by atoms with Crippen molar-refractivity contribution in [1.29, 1.82) is 0 Å². The summed E-state index contributed by atoms with van der Waals surface area (Å²) in [5.41, 5.74) is 6.92. The van der Waals surface area contributed by atoms with Crippen LogP contribution in [0.25, 0.3) is 0 Å². The first-order valence-corrected chi connectivity index (χ1v) is 7.46. The molecule has 2 rings (SSSR count). The van der Waals surface area contributed by atoms with Crippen LogP contribution in [0.3, 0.4) is 0 Å². The van der Waals surface area contributed by atoms with E-state index in [1.165, 1.54) is 27.8 Å². The monoisotopic (exact) mass is 267 g/mol. The van der Waals surface area contributed by atoms with E-state index in [9.17, 15) is 0 Å². The maximum absolute atomic E-state index is 3.45. The zero-order valence-corrected chi connectivity index (χ0v) is 13.0. The van der Waals surface area contributed by atoms with Gasteiger partial charge in [0.1, 0.15) is 0 Å². The zero-order valence-electron chi connectivity index (χ0n) is 13.0. The Labute approximate surface area is 123 Å². The topological polar surface area (TPSA) is 12.0 Å². The predicted molar refractivity (Wildman–Crippen MR) is 87.2 cm³/mol. The minimum absolute atomic E-state index is 0.378. The van der Waals surface area contributed by atoms with Crippen molar-refractivity contribution in [2.45, 2.75) is 39.7 Å². The highest BCUT2D eigenvalue weighted by molar-refractivity contribution is 5.32. The van der Waals surface area contributed by atoms with Gasteiger partial charge in [0.15, 0.2) is 0 Å². The number of hydrogen-bond acceptors (Lipinski definition) is 1. The molecule has 1 heteroatoms. The lowest BCUT2D eigenvalue weighted by molar-refractivity contribution is 0.591. The van der Waals surface area contributed by atoms with Crippen LogP contribution in [0.2, 0.25) is 0 Å². The van der Waals surface area contributed by atoms with Gasteiger partial charge >= 0.3 is 0 Å². The van der Waals surface area contributed by atoms with Gasteiger partial charge in [0, 0.05) is 6.04 Å². The third kappa shape index (κ3) is 3.49. The molecule has 1 nitrogen and oxygen atoms in total. The van der Waals surface area contributed by atoms with Crippen LogP contribution < -0.4 is 5.32 Å². The van der Waals surface area contributed by atoms with Crippen molar-refractivity contribution in [3.05, 3.63) is 70.3 Å². The molecule has 2 aromatic rings. The lowest BCUT2D eigenvalue weighted by atomic mass is 9.95. The second-order valence-corrected chi connectivity index (χ2v) is 5.56. The Morgan fingerprint density at radius 2 is 1.75 bits per heavy atom. The maximum Gasteiger partial charge on any atom is 0.0358 e. The quantitative estimate of drug-likeness (QED) is 0.848. The van der Waals surface area contributed by atoms with Gasteiger partial charge in [0.05, 0.1) is 0 Å². The van der Waals surface area contributed by atoms with Gasteiger partial charge in [-0.05, 0) is 61.6 Å². The summed E-state index contributed by atoms with van der Waals surface area (Å²) >= 11 is 0. The zero-order chi connectivity index (χ0) is 14.5. The molecule has 2 aromatic carbocycles. The molecule has 1 atom stereocenters. The third-order valence-electron chi connectivity index (χ3n) is 4.12.